The van der Waals surface area contributed by atoms with E-state index in [9.17, 15) is 0 Å². The fourth-order valence-corrected chi connectivity index (χ4v) is 8.72. The summed E-state index contributed by atoms with van der Waals surface area (Å²) in [4.78, 5) is 8.92. The summed E-state index contributed by atoms with van der Waals surface area (Å²) in [6, 6.07) is 14.1. The molecule has 3 aromatic heterocycles. The van der Waals surface area contributed by atoms with Crippen LogP contribution in [0.5, 0.6) is 0 Å². The minimum atomic E-state index is 0.969. The van der Waals surface area contributed by atoms with Crippen LogP contribution in [0, 0.1) is 11.8 Å². The molecule has 1 aliphatic carbocycles. The number of aryl methyl sites for hydroxylation is 2. The van der Waals surface area contributed by atoms with Gasteiger partial charge in [-0.2, -0.15) is 0 Å². The number of hydrogen-bond donors (Lipinski definition) is 0. The van der Waals surface area contributed by atoms with Crippen LogP contribution >= 0.6 is 34.0 Å². The monoisotopic (exact) mass is 512 g/mol. The third-order valence-corrected chi connectivity index (χ3v) is 11.4. The molecule has 186 valence electrons. The number of thiophene rings is 3. The average Bonchev–Trinajstić information content (AvgIpc) is 3.62. The standard InChI is InChI=1S/C31H44S3/c1-3-5-7-9-11-26-18-20-28(32-26)30-22-23-31(34-30)29-21-19-27(33-29)17-16-25-14-12-24(13-15-25)10-8-6-4-2/h18-25H,3-17H2,1-2H3. The van der Waals surface area contributed by atoms with Crippen molar-refractivity contribution >= 4 is 34.0 Å². The van der Waals surface area contributed by atoms with Crippen LogP contribution in [0.25, 0.3) is 19.5 Å². The van der Waals surface area contributed by atoms with Gasteiger partial charge < -0.3 is 0 Å². The van der Waals surface area contributed by atoms with Crippen molar-refractivity contribution in [2.24, 2.45) is 11.8 Å². The molecule has 0 nitrogen and oxygen atoms in total. The maximum Gasteiger partial charge on any atom is 0.0449 e. The molecule has 3 heterocycles. The van der Waals surface area contributed by atoms with Crippen molar-refractivity contribution in [3.63, 3.8) is 0 Å². The van der Waals surface area contributed by atoms with Gasteiger partial charge in [-0.1, -0.05) is 84.5 Å². The number of rotatable bonds is 14. The van der Waals surface area contributed by atoms with Gasteiger partial charge in [-0.3, -0.25) is 0 Å². The smallest absolute Gasteiger partial charge is 0.0449 e. The average molecular weight is 513 g/mol. The summed E-state index contributed by atoms with van der Waals surface area (Å²) < 4.78 is 0. The van der Waals surface area contributed by atoms with Crippen LogP contribution in [0.1, 0.15) is 107 Å². The van der Waals surface area contributed by atoms with Gasteiger partial charge in [0.15, 0.2) is 0 Å². The lowest BCUT2D eigenvalue weighted by Crippen LogP contribution is -2.15. The molecule has 0 aromatic carbocycles. The third kappa shape index (κ3) is 7.80. The Morgan fingerprint density at radius 3 is 1.65 bits per heavy atom. The highest BCUT2D eigenvalue weighted by atomic mass is 32.1. The van der Waals surface area contributed by atoms with Crippen LogP contribution in [-0.4, -0.2) is 0 Å². The third-order valence-electron chi connectivity index (χ3n) is 7.67. The normalized spacial score (nSPS) is 18.5. The van der Waals surface area contributed by atoms with Gasteiger partial charge in [0.2, 0.25) is 0 Å². The highest BCUT2D eigenvalue weighted by Crippen LogP contribution is 2.41. The molecule has 0 radical (unpaired) electrons. The molecular formula is C31H44S3. The van der Waals surface area contributed by atoms with E-state index < -0.39 is 0 Å². The zero-order chi connectivity index (χ0) is 23.6. The quantitative estimate of drug-likeness (QED) is 0.188. The van der Waals surface area contributed by atoms with Gasteiger partial charge in [0.1, 0.15) is 0 Å². The van der Waals surface area contributed by atoms with Gasteiger partial charge in [-0.15, -0.1) is 34.0 Å². The molecule has 3 heteroatoms. The predicted octanol–water partition coefficient (Wildman–Crippen LogP) is 11.6. The van der Waals surface area contributed by atoms with Crippen molar-refractivity contribution in [3.05, 3.63) is 46.2 Å². The second-order valence-electron chi connectivity index (χ2n) is 10.4. The van der Waals surface area contributed by atoms with Crippen molar-refractivity contribution in [2.45, 2.75) is 110 Å². The lowest BCUT2D eigenvalue weighted by atomic mass is 9.78. The summed E-state index contributed by atoms with van der Waals surface area (Å²) in [7, 11) is 0. The second-order valence-corrected chi connectivity index (χ2v) is 13.8. The summed E-state index contributed by atoms with van der Waals surface area (Å²) in [6.45, 7) is 4.61. The Hall–Kier alpha value is -0.900. The lowest BCUT2D eigenvalue weighted by molar-refractivity contribution is 0.249. The Balaban J connectivity index is 1.23. The molecule has 1 aliphatic rings. The van der Waals surface area contributed by atoms with Crippen molar-refractivity contribution < 1.29 is 0 Å². The zero-order valence-electron chi connectivity index (χ0n) is 21.5. The van der Waals surface area contributed by atoms with Crippen LogP contribution in [-0.2, 0) is 12.8 Å². The SMILES string of the molecule is CCCCCCc1ccc(-c2ccc(-c3ccc(CCC4CCC(CCCCC)CC4)s3)s2)s1. The van der Waals surface area contributed by atoms with E-state index in [1.165, 1.54) is 116 Å². The molecule has 1 fully saturated rings. The van der Waals surface area contributed by atoms with Gasteiger partial charge in [-0.25, -0.2) is 0 Å². The van der Waals surface area contributed by atoms with Gasteiger partial charge in [0, 0.05) is 29.3 Å². The van der Waals surface area contributed by atoms with Crippen LogP contribution in [0.15, 0.2) is 36.4 Å². The van der Waals surface area contributed by atoms with E-state index >= 15 is 0 Å². The Bertz CT molecular complexity index is 951. The summed E-state index contributed by atoms with van der Waals surface area (Å²) in [5.74, 6) is 2.00. The zero-order valence-corrected chi connectivity index (χ0v) is 23.9. The number of hydrogen-bond acceptors (Lipinski definition) is 3. The van der Waals surface area contributed by atoms with Gasteiger partial charge in [0.05, 0.1) is 0 Å². The fraction of sp³-hybridized carbons (Fsp3) is 0.613. The number of unbranched alkanes of at least 4 members (excludes halogenated alkanes) is 5. The molecule has 4 rings (SSSR count). The fourth-order valence-electron chi connectivity index (χ4n) is 5.46. The van der Waals surface area contributed by atoms with Crippen LogP contribution in [0.4, 0.5) is 0 Å². The minimum Gasteiger partial charge on any atom is -0.139 e. The first-order valence-electron chi connectivity index (χ1n) is 14.0. The maximum absolute atomic E-state index is 2.40. The van der Waals surface area contributed by atoms with Crippen molar-refractivity contribution in [3.8, 4) is 19.5 Å². The van der Waals surface area contributed by atoms with E-state index in [1.54, 1.807) is 9.75 Å². The molecular weight excluding hydrogens is 469 g/mol. The molecule has 0 unspecified atom stereocenters. The lowest BCUT2D eigenvalue weighted by Gasteiger charge is -2.28. The van der Waals surface area contributed by atoms with Crippen molar-refractivity contribution in [1.29, 1.82) is 0 Å². The highest BCUT2D eigenvalue weighted by molar-refractivity contribution is 7.26. The molecule has 0 saturated heterocycles. The van der Waals surface area contributed by atoms with Crippen LogP contribution in [0.3, 0.4) is 0 Å². The Morgan fingerprint density at radius 2 is 1.03 bits per heavy atom. The van der Waals surface area contributed by atoms with Gasteiger partial charge in [-0.05, 0) is 73.9 Å². The summed E-state index contributed by atoms with van der Waals surface area (Å²) in [6.07, 6.45) is 21.0. The summed E-state index contributed by atoms with van der Waals surface area (Å²) in [5, 5.41) is 0. The van der Waals surface area contributed by atoms with Gasteiger partial charge in [0.25, 0.3) is 0 Å². The van der Waals surface area contributed by atoms with E-state index in [4.69, 9.17) is 0 Å². The second kappa shape index (κ2) is 14.0. The van der Waals surface area contributed by atoms with E-state index in [1.807, 2.05) is 34.0 Å². The van der Waals surface area contributed by atoms with E-state index in [0.717, 1.165) is 11.8 Å². The van der Waals surface area contributed by atoms with Crippen molar-refractivity contribution in [2.75, 3.05) is 0 Å². The molecule has 1 saturated carbocycles. The minimum absolute atomic E-state index is 0.969. The first-order chi connectivity index (χ1) is 16.7. The molecule has 0 atom stereocenters. The first-order valence-corrected chi connectivity index (χ1v) is 16.5. The van der Waals surface area contributed by atoms with Crippen molar-refractivity contribution in [1.82, 2.24) is 0 Å². The Kier molecular flexibility index (Phi) is 10.8. The molecule has 0 N–H and O–H groups in total. The summed E-state index contributed by atoms with van der Waals surface area (Å²) in [5.41, 5.74) is 0. The maximum atomic E-state index is 2.40. The topological polar surface area (TPSA) is 0 Å². The molecule has 0 spiro atoms. The molecule has 34 heavy (non-hydrogen) atoms. The van der Waals surface area contributed by atoms with Gasteiger partial charge >= 0.3 is 0 Å². The van der Waals surface area contributed by atoms with Crippen LogP contribution in [0.2, 0.25) is 0 Å². The molecule has 0 aliphatic heterocycles. The molecule has 0 amide bonds. The predicted molar refractivity (Wildman–Crippen MR) is 157 cm³/mol. The molecule has 0 bridgehead atoms. The van der Waals surface area contributed by atoms with E-state index in [2.05, 4.69) is 50.2 Å². The Labute approximate surface area is 220 Å². The molecule has 3 aromatic rings. The summed E-state index contributed by atoms with van der Waals surface area (Å²) >= 11 is 6.01. The van der Waals surface area contributed by atoms with Crippen LogP contribution < -0.4 is 0 Å². The van der Waals surface area contributed by atoms with E-state index in [-0.39, 0.29) is 0 Å². The Morgan fingerprint density at radius 1 is 0.529 bits per heavy atom. The first kappa shape index (κ1) is 26.2. The van der Waals surface area contributed by atoms with E-state index in [0.29, 0.717) is 0 Å². The largest absolute Gasteiger partial charge is 0.139 e. The highest BCUT2D eigenvalue weighted by Gasteiger charge is 2.21.